The Hall–Kier alpha value is -2.94. The highest BCUT2D eigenvalue weighted by Crippen LogP contribution is 2.37. The smallest absolute Gasteiger partial charge is 0.254 e. The molecule has 0 radical (unpaired) electrons. The van der Waals surface area contributed by atoms with Crippen LogP contribution >= 0.6 is 0 Å². The highest BCUT2D eigenvalue weighted by molar-refractivity contribution is 5.95. The molecule has 124 valence electrons. The molecule has 25 heavy (non-hydrogen) atoms. The number of benzene rings is 3. The summed E-state index contributed by atoms with van der Waals surface area (Å²) in [6.07, 6.45) is 0.777. The molecular formula is C22H18FNO. The van der Waals surface area contributed by atoms with E-state index in [1.165, 1.54) is 11.6 Å². The topological polar surface area (TPSA) is 20.3 Å². The van der Waals surface area contributed by atoms with Crippen LogP contribution in [0.2, 0.25) is 0 Å². The van der Waals surface area contributed by atoms with Gasteiger partial charge in [0.25, 0.3) is 5.91 Å². The van der Waals surface area contributed by atoms with Crippen LogP contribution in [0.25, 0.3) is 0 Å². The number of hydrogen-bond donors (Lipinski definition) is 0. The average molecular weight is 331 g/mol. The molecule has 0 fully saturated rings. The number of nitrogens with zero attached hydrogens (tertiary/aromatic N) is 1. The lowest BCUT2D eigenvalue weighted by atomic mass is 9.87. The minimum absolute atomic E-state index is 0.0663. The van der Waals surface area contributed by atoms with Gasteiger partial charge < -0.3 is 4.90 Å². The molecule has 1 amide bonds. The van der Waals surface area contributed by atoms with Crippen molar-refractivity contribution >= 4 is 5.91 Å². The van der Waals surface area contributed by atoms with Gasteiger partial charge in [-0.3, -0.25) is 4.79 Å². The largest absolute Gasteiger partial charge is 0.327 e. The van der Waals surface area contributed by atoms with Crippen molar-refractivity contribution < 1.29 is 9.18 Å². The van der Waals surface area contributed by atoms with E-state index in [9.17, 15) is 9.18 Å². The first-order chi connectivity index (χ1) is 12.3. The maximum absolute atomic E-state index is 14.6. The SMILES string of the molecule is O=C(c1ccccc1)N1CCc2ccccc2[C@H]1c1ccccc1F. The predicted molar refractivity (Wildman–Crippen MR) is 95.9 cm³/mol. The molecule has 3 aromatic rings. The first-order valence-electron chi connectivity index (χ1n) is 8.44. The standard InChI is InChI=1S/C22H18FNO/c23-20-13-7-6-12-19(20)21-18-11-5-4-8-16(18)14-15-24(21)22(25)17-9-2-1-3-10-17/h1-13,21H,14-15H2/t21-/m0/s1. The van der Waals surface area contributed by atoms with E-state index in [1.54, 1.807) is 29.2 Å². The molecule has 0 aliphatic carbocycles. The second kappa shape index (κ2) is 6.52. The third-order valence-electron chi connectivity index (χ3n) is 4.76. The van der Waals surface area contributed by atoms with Crippen LogP contribution in [-0.2, 0) is 6.42 Å². The lowest BCUT2D eigenvalue weighted by molar-refractivity contribution is 0.0692. The van der Waals surface area contributed by atoms with Crippen LogP contribution in [0, 0.1) is 5.82 Å². The molecule has 1 aliphatic rings. The van der Waals surface area contributed by atoms with E-state index < -0.39 is 6.04 Å². The van der Waals surface area contributed by atoms with E-state index in [0.717, 1.165) is 12.0 Å². The third-order valence-corrected chi connectivity index (χ3v) is 4.76. The molecule has 0 spiro atoms. The van der Waals surface area contributed by atoms with Crippen molar-refractivity contribution in [2.45, 2.75) is 12.5 Å². The molecule has 0 unspecified atom stereocenters. The predicted octanol–water partition coefficient (Wildman–Crippen LogP) is 4.61. The van der Waals surface area contributed by atoms with Gasteiger partial charge >= 0.3 is 0 Å². The molecule has 0 saturated heterocycles. The van der Waals surface area contributed by atoms with Crippen LogP contribution in [0.1, 0.15) is 33.1 Å². The summed E-state index contributed by atoms with van der Waals surface area (Å²) >= 11 is 0. The van der Waals surface area contributed by atoms with Gasteiger partial charge in [0.1, 0.15) is 5.82 Å². The van der Waals surface area contributed by atoms with Gasteiger partial charge in [-0.05, 0) is 35.7 Å². The first kappa shape index (κ1) is 15.6. The van der Waals surface area contributed by atoms with Crippen molar-refractivity contribution in [3.8, 4) is 0 Å². The molecule has 0 bridgehead atoms. The molecule has 0 N–H and O–H groups in total. The molecule has 1 atom stereocenters. The number of halogens is 1. The van der Waals surface area contributed by atoms with Gasteiger partial charge in [-0.2, -0.15) is 0 Å². The Morgan fingerprint density at radius 3 is 2.24 bits per heavy atom. The molecule has 1 aliphatic heterocycles. The van der Waals surface area contributed by atoms with Gasteiger partial charge in [0, 0.05) is 17.7 Å². The lowest BCUT2D eigenvalue weighted by Crippen LogP contribution is -2.41. The summed E-state index contributed by atoms with van der Waals surface area (Å²) in [5.41, 5.74) is 3.35. The van der Waals surface area contributed by atoms with Crippen LogP contribution in [0.4, 0.5) is 4.39 Å². The van der Waals surface area contributed by atoms with Crippen molar-refractivity contribution in [2.75, 3.05) is 6.54 Å². The summed E-state index contributed by atoms with van der Waals surface area (Å²) in [5.74, 6) is -0.349. The second-order valence-corrected chi connectivity index (χ2v) is 6.24. The maximum atomic E-state index is 14.6. The fraction of sp³-hybridized carbons (Fsp3) is 0.136. The van der Waals surface area contributed by atoms with Crippen molar-refractivity contribution in [1.29, 1.82) is 0 Å². The summed E-state index contributed by atoms with van der Waals surface area (Å²) in [5, 5.41) is 0. The van der Waals surface area contributed by atoms with E-state index in [0.29, 0.717) is 17.7 Å². The van der Waals surface area contributed by atoms with Gasteiger partial charge in [-0.25, -0.2) is 4.39 Å². The van der Waals surface area contributed by atoms with E-state index in [2.05, 4.69) is 6.07 Å². The van der Waals surface area contributed by atoms with E-state index in [1.807, 2.05) is 42.5 Å². The van der Waals surface area contributed by atoms with Gasteiger partial charge in [0.05, 0.1) is 6.04 Å². The Bertz CT molecular complexity index is 907. The minimum Gasteiger partial charge on any atom is -0.327 e. The Balaban J connectivity index is 1.84. The van der Waals surface area contributed by atoms with E-state index >= 15 is 0 Å². The van der Waals surface area contributed by atoms with Crippen molar-refractivity contribution in [3.05, 3.63) is 107 Å². The summed E-state index contributed by atoms with van der Waals surface area (Å²) in [6.45, 7) is 0.573. The normalized spacial score (nSPS) is 16.4. The number of fused-ring (bicyclic) bond motifs is 1. The molecular weight excluding hydrogens is 313 g/mol. The lowest BCUT2D eigenvalue weighted by Gasteiger charge is -2.38. The molecule has 3 heteroatoms. The number of hydrogen-bond acceptors (Lipinski definition) is 1. The number of rotatable bonds is 2. The number of carbonyl (C=O) groups excluding carboxylic acids is 1. The molecule has 0 aromatic heterocycles. The van der Waals surface area contributed by atoms with Crippen LogP contribution in [0.15, 0.2) is 78.9 Å². The maximum Gasteiger partial charge on any atom is 0.254 e. The first-order valence-corrected chi connectivity index (χ1v) is 8.44. The van der Waals surface area contributed by atoms with Gasteiger partial charge in [0.2, 0.25) is 0 Å². The highest BCUT2D eigenvalue weighted by atomic mass is 19.1. The van der Waals surface area contributed by atoms with Crippen LogP contribution in [-0.4, -0.2) is 17.4 Å². The summed E-state index contributed by atoms with van der Waals surface area (Å²) < 4.78 is 14.6. The van der Waals surface area contributed by atoms with Gasteiger partial charge in [-0.1, -0.05) is 60.7 Å². The van der Waals surface area contributed by atoms with Crippen molar-refractivity contribution in [3.63, 3.8) is 0 Å². The van der Waals surface area contributed by atoms with Crippen molar-refractivity contribution in [2.24, 2.45) is 0 Å². The molecule has 2 nitrogen and oxygen atoms in total. The summed E-state index contributed by atoms with van der Waals surface area (Å²) in [4.78, 5) is 14.9. The second-order valence-electron chi connectivity index (χ2n) is 6.24. The molecule has 4 rings (SSSR count). The summed E-state index contributed by atoms with van der Waals surface area (Å²) in [7, 11) is 0. The quantitative estimate of drug-likeness (QED) is 0.671. The van der Waals surface area contributed by atoms with Crippen LogP contribution in [0.3, 0.4) is 0 Å². The third kappa shape index (κ3) is 2.82. The average Bonchev–Trinajstić information content (AvgIpc) is 2.68. The number of carbonyl (C=O) groups is 1. The van der Waals surface area contributed by atoms with Crippen molar-refractivity contribution in [1.82, 2.24) is 4.90 Å². The fourth-order valence-corrected chi connectivity index (χ4v) is 3.56. The van der Waals surface area contributed by atoms with Gasteiger partial charge in [-0.15, -0.1) is 0 Å². The Morgan fingerprint density at radius 2 is 1.48 bits per heavy atom. The number of amides is 1. The fourth-order valence-electron chi connectivity index (χ4n) is 3.56. The summed E-state index contributed by atoms with van der Waals surface area (Å²) in [6, 6.07) is 23.5. The van der Waals surface area contributed by atoms with Gasteiger partial charge in [0.15, 0.2) is 0 Å². The Kier molecular flexibility index (Phi) is 4.06. The van der Waals surface area contributed by atoms with Crippen LogP contribution in [0.5, 0.6) is 0 Å². The Morgan fingerprint density at radius 1 is 0.840 bits per heavy atom. The molecule has 0 saturated carbocycles. The molecule has 3 aromatic carbocycles. The Labute approximate surface area is 146 Å². The zero-order chi connectivity index (χ0) is 17.2. The zero-order valence-electron chi connectivity index (χ0n) is 13.7. The minimum atomic E-state index is -0.404. The zero-order valence-corrected chi connectivity index (χ0v) is 13.7. The molecule has 1 heterocycles. The van der Waals surface area contributed by atoms with Crippen LogP contribution < -0.4 is 0 Å². The monoisotopic (exact) mass is 331 g/mol. The van der Waals surface area contributed by atoms with E-state index in [4.69, 9.17) is 0 Å². The highest BCUT2D eigenvalue weighted by Gasteiger charge is 2.33. The van der Waals surface area contributed by atoms with E-state index in [-0.39, 0.29) is 11.7 Å².